The molecule has 11 heteroatoms. The zero-order valence-electron chi connectivity index (χ0n) is 16.9. The number of anilines is 1. The van der Waals surface area contributed by atoms with Gasteiger partial charge >= 0.3 is 6.09 Å². The zero-order valence-corrected chi connectivity index (χ0v) is 19.4. The molecule has 1 atom stereocenters. The van der Waals surface area contributed by atoms with E-state index >= 15 is 0 Å². The molecule has 1 aromatic carbocycles. The number of benzene rings is 1. The summed E-state index contributed by atoms with van der Waals surface area (Å²) in [5.41, 5.74) is 2.52. The molecule has 0 spiro atoms. The first-order valence-corrected chi connectivity index (χ1v) is 11.8. The number of nitrogens with one attached hydrogen (secondary N) is 2. The standard InChI is InChI=1S/C20H22N4O4S3/c1-24(20(26)28-2)11-18(25)21-15(10-13-5-7-14(8-6-13)23-31-27)16-12-30-19(22-16)17-4-3-9-29-17/h3-9,12,15,23,27H,10-11H2,1-2H3,(H,21,25). The van der Waals surface area contributed by atoms with Gasteiger partial charge in [-0.1, -0.05) is 18.2 Å². The van der Waals surface area contributed by atoms with E-state index in [1.54, 1.807) is 11.3 Å². The van der Waals surface area contributed by atoms with Crippen LogP contribution in [0.25, 0.3) is 9.88 Å². The van der Waals surface area contributed by atoms with Gasteiger partial charge in [0.15, 0.2) is 0 Å². The molecule has 0 aliphatic heterocycles. The summed E-state index contributed by atoms with van der Waals surface area (Å²) in [5.74, 6) is -0.307. The Balaban J connectivity index is 1.78. The van der Waals surface area contributed by atoms with Crippen molar-refractivity contribution in [1.82, 2.24) is 15.2 Å². The third kappa shape index (κ3) is 6.44. The highest BCUT2D eigenvalue weighted by Crippen LogP contribution is 2.30. The molecular formula is C20H22N4O4S3. The summed E-state index contributed by atoms with van der Waals surface area (Å²) >= 11 is 3.67. The second-order valence-corrected chi connectivity index (χ2v) is 8.79. The predicted octanol–water partition coefficient (Wildman–Crippen LogP) is 4.50. The van der Waals surface area contributed by atoms with E-state index in [-0.39, 0.29) is 18.5 Å². The van der Waals surface area contributed by atoms with Crippen LogP contribution in [0.4, 0.5) is 10.5 Å². The zero-order chi connectivity index (χ0) is 22.2. The lowest BCUT2D eigenvalue weighted by Crippen LogP contribution is -2.40. The van der Waals surface area contributed by atoms with E-state index in [1.165, 1.54) is 30.4 Å². The molecule has 0 fully saturated rings. The molecule has 2 amide bonds. The van der Waals surface area contributed by atoms with Gasteiger partial charge in [-0.2, -0.15) is 0 Å². The lowest BCUT2D eigenvalue weighted by Gasteiger charge is -2.20. The van der Waals surface area contributed by atoms with Crippen LogP contribution in [0, 0.1) is 0 Å². The third-order valence-corrected chi connectivity index (χ3v) is 6.60. The monoisotopic (exact) mass is 478 g/mol. The molecule has 0 aliphatic carbocycles. The van der Waals surface area contributed by atoms with Gasteiger partial charge in [0.1, 0.15) is 23.8 Å². The molecular weight excluding hydrogens is 456 g/mol. The van der Waals surface area contributed by atoms with Crippen LogP contribution in [-0.2, 0) is 16.0 Å². The fourth-order valence-corrected chi connectivity index (χ4v) is 4.79. The molecule has 31 heavy (non-hydrogen) atoms. The highest BCUT2D eigenvalue weighted by Gasteiger charge is 2.21. The maximum Gasteiger partial charge on any atom is 0.409 e. The Bertz CT molecular complexity index is 992. The molecule has 0 radical (unpaired) electrons. The van der Waals surface area contributed by atoms with E-state index in [4.69, 9.17) is 9.54 Å². The Labute approximate surface area is 192 Å². The number of thiazole rings is 1. The summed E-state index contributed by atoms with van der Waals surface area (Å²) in [6, 6.07) is 11.2. The van der Waals surface area contributed by atoms with Gasteiger partial charge < -0.3 is 24.2 Å². The van der Waals surface area contributed by atoms with E-state index in [0.29, 0.717) is 18.6 Å². The molecule has 2 aromatic heterocycles. The first-order valence-electron chi connectivity index (χ1n) is 9.23. The molecule has 0 aliphatic rings. The van der Waals surface area contributed by atoms with Gasteiger partial charge in [-0.25, -0.2) is 9.78 Å². The number of carbonyl (C=O) groups excluding carboxylic acids is 2. The highest BCUT2D eigenvalue weighted by atomic mass is 32.2. The van der Waals surface area contributed by atoms with Crippen molar-refractivity contribution in [3.05, 3.63) is 58.4 Å². The summed E-state index contributed by atoms with van der Waals surface area (Å²) in [5, 5.41) is 7.83. The Morgan fingerprint density at radius 2 is 2.03 bits per heavy atom. The fraction of sp³-hybridized carbons (Fsp3) is 0.250. The number of methoxy groups -OCH3 is 1. The number of rotatable bonds is 9. The van der Waals surface area contributed by atoms with Crippen molar-refractivity contribution in [3.8, 4) is 9.88 Å². The van der Waals surface area contributed by atoms with Crippen molar-refractivity contribution in [2.45, 2.75) is 12.5 Å². The minimum atomic E-state index is -0.579. The number of likely N-dealkylation sites (N-methyl/N-ethyl adjacent to an activating group) is 1. The van der Waals surface area contributed by atoms with Crippen LogP contribution in [0.15, 0.2) is 47.2 Å². The maximum absolute atomic E-state index is 12.6. The predicted molar refractivity (Wildman–Crippen MR) is 125 cm³/mol. The van der Waals surface area contributed by atoms with Gasteiger partial charge in [-0.3, -0.25) is 4.79 Å². The maximum atomic E-state index is 12.6. The number of carbonyl (C=O) groups is 2. The van der Waals surface area contributed by atoms with Crippen molar-refractivity contribution in [3.63, 3.8) is 0 Å². The van der Waals surface area contributed by atoms with Crippen LogP contribution in [0.3, 0.4) is 0 Å². The quantitative estimate of drug-likeness (QED) is 0.307. The van der Waals surface area contributed by atoms with Gasteiger partial charge in [-0.05, 0) is 35.6 Å². The van der Waals surface area contributed by atoms with Crippen LogP contribution in [-0.4, -0.2) is 47.1 Å². The minimum Gasteiger partial charge on any atom is -0.453 e. The van der Waals surface area contributed by atoms with Crippen LogP contribution in [0.2, 0.25) is 0 Å². The summed E-state index contributed by atoms with van der Waals surface area (Å²) in [7, 11) is 2.78. The molecule has 0 bridgehead atoms. The molecule has 1 unspecified atom stereocenters. The molecule has 164 valence electrons. The van der Waals surface area contributed by atoms with Crippen LogP contribution >= 0.6 is 34.9 Å². The topological polar surface area (TPSA) is 104 Å². The first kappa shape index (κ1) is 23.1. The van der Waals surface area contributed by atoms with E-state index < -0.39 is 6.09 Å². The summed E-state index contributed by atoms with van der Waals surface area (Å²) < 4.78 is 16.3. The number of hydrogen-bond donors (Lipinski definition) is 3. The third-order valence-electron chi connectivity index (χ3n) is 4.37. The van der Waals surface area contributed by atoms with E-state index in [0.717, 1.165) is 26.8 Å². The van der Waals surface area contributed by atoms with Crippen molar-refractivity contribution in [1.29, 1.82) is 0 Å². The highest BCUT2D eigenvalue weighted by molar-refractivity contribution is 7.95. The van der Waals surface area contributed by atoms with Crippen molar-refractivity contribution in [2.24, 2.45) is 0 Å². The fourth-order valence-electron chi connectivity index (χ4n) is 2.86. The normalized spacial score (nSPS) is 11.6. The second-order valence-electron chi connectivity index (χ2n) is 6.60. The number of amides is 2. The van der Waals surface area contributed by atoms with Crippen LogP contribution < -0.4 is 10.0 Å². The van der Waals surface area contributed by atoms with Crippen molar-refractivity contribution >= 4 is 52.6 Å². The van der Waals surface area contributed by atoms with Crippen LogP contribution in [0.5, 0.6) is 0 Å². The van der Waals surface area contributed by atoms with E-state index in [2.05, 4.69) is 14.8 Å². The van der Waals surface area contributed by atoms with Gasteiger partial charge in [0.05, 0.1) is 23.7 Å². The molecule has 0 saturated heterocycles. The molecule has 8 nitrogen and oxygen atoms in total. The van der Waals surface area contributed by atoms with E-state index in [9.17, 15) is 9.59 Å². The number of thiophene rings is 1. The number of aromatic nitrogens is 1. The summed E-state index contributed by atoms with van der Waals surface area (Å²) in [6.45, 7) is -0.123. The van der Waals surface area contributed by atoms with E-state index in [1.807, 2.05) is 47.2 Å². The number of ether oxygens (including phenoxy) is 1. The molecule has 3 N–H and O–H groups in total. The molecule has 3 aromatic rings. The van der Waals surface area contributed by atoms with Gasteiger partial charge in [-0.15, -0.1) is 22.7 Å². The average molecular weight is 479 g/mol. The first-order chi connectivity index (χ1) is 15.0. The average Bonchev–Trinajstić information content (AvgIpc) is 3.46. The second kappa shape index (κ2) is 11.1. The number of hydrogen-bond acceptors (Lipinski definition) is 9. The molecule has 3 rings (SSSR count). The summed E-state index contributed by atoms with van der Waals surface area (Å²) in [4.78, 5) is 31.2. The molecule has 2 heterocycles. The molecule has 0 saturated carbocycles. The van der Waals surface area contributed by atoms with Crippen molar-refractivity contribution in [2.75, 3.05) is 25.4 Å². The van der Waals surface area contributed by atoms with Gasteiger partial charge in [0, 0.05) is 18.1 Å². The number of nitrogens with zero attached hydrogens (tertiary/aromatic N) is 2. The Morgan fingerprint density at radius 1 is 1.26 bits per heavy atom. The lowest BCUT2D eigenvalue weighted by atomic mass is 10.0. The summed E-state index contributed by atoms with van der Waals surface area (Å²) in [6.07, 6.45) is -0.0569. The Hall–Kier alpha value is -2.60. The smallest absolute Gasteiger partial charge is 0.409 e. The minimum absolute atomic E-state index is 0.123. The van der Waals surface area contributed by atoms with Gasteiger partial charge in [0.2, 0.25) is 5.91 Å². The van der Waals surface area contributed by atoms with Gasteiger partial charge in [0.25, 0.3) is 0 Å². The van der Waals surface area contributed by atoms with Crippen molar-refractivity contribution < 1.29 is 18.9 Å². The largest absolute Gasteiger partial charge is 0.453 e. The SMILES string of the molecule is COC(=O)N(C)CC(=O)NC(Cc1ccc(NSO)cc1)c1csc(-c2cccs2)n1. The Kier molecular flexibility index (Phi) is 8.29. The Morgan fingerprint density at radius 3 is 2.68 bits per heavy atom. The lowest BCUT2D eigenvalue weighted by molar-refractivity contribution is -0.122. The van der Waals surface area contributed by atoms with Crippen LogP contribution in [0.1, 0.15) is 17.3 Å².